The van der Waals surface area contributed by atoms with Crippen molar-refractivity contribution < 1.29 is 4.79 Å². The minimum atomic E-state index is 0.346. The third-order valence-corrected chi connectivity index (χ3v) is 4.43. The highest BCUT2D eigenvalue weighted by Gasteiger charge is 2.40. The molecule has 0 aromatic heterocycles. The van der Waals surface area contributed by atoms with E-state index in [9.17, 15) is 4.79 Å². The van der Waals surface area contributed by atoms with E-state index in [0.717, 1.165) is 23.8 Å². The zero-order chi connectivity index (χ0) is 11.0. The van der Waals surface area contributed by atoms with Crippen molar-refractivity contribution in [2.75, 3.05) is 0 Å². The standard InChI is InChI=1S/C15H18O/c16-15(12-4-2-1-3-5-12)10-14-9-11-6-7-13(14)8-11/h1-5,11,13-14H,6-10H2. The van der Waals surface area contributed by atoms with E-state index in [4.69, 9.17) is 0 Å². The van der Waals surface area contributed by atoms with Crippen molar-refractivity contribution in [2.24, 2.45) is 17.8 Å². The first-order chi connectivity index (χ1) is 7.83. The Morgan fingerprint density at radius 1 is 1.12 bits per heavy atom. The van der Waals surface area contributed by atoms with E-state index < -0.39 is 0 Å². The van der Waals surface area contributed by atoms with Crippen molar-refractivity contribution in [1.82, 2.24) is 0 Å². The van der Waals surface area contributed by atoms with Crippen LogP contribution in [-0.2, 0) is 0 Å². The Kier molecular flexibility index (Phi) is 2.55. The second-order valence-electron chi connectivity index (χ2n) is 5.43. The van der Waals surface area contributed by atoms with Crippen molar-refractivity contribution >= 4 is 5.78 Å². The third kappa shape index (κ3) is 1.79. The van der Waals surface area contributed by atoms with Gasteiger partial charge in [-0.3, -0.25) is 4.79 Å². The molecule has 2 aliphatic carbocycles. The molecule has 2 aliphatic rings. The molecule has 0 N–H and O–H groups in total. The largest absolute Gasteiger partial charge is 0.294 e. The van der Waals surface area contributed by atoms with Crippen LogP contribution in [0.15, 0.2) is 30.3 Å². The first-order valence-corrected chi connectivity index (χ1v) is 6.41. The van der Waals surface area contributed by atoms with Crippen LogP contribution in [0.1, 0.15) is 42.5 Å². The summed E-state index contributed by atoms with van der Waals surface area (Å²) in [7, 11) is 0. The molecule has 1 heteroatoms. The topological polar surface area (TPSA) is 17.1 Å². The highest BCUT2D eigenvalue weighted by atomic mass is 16.1. The van der Waals surface area contributed by atoms with Crippen LogP contribution in [0.25, 0.3) is 0 Å². The van der Waals surface area contributed by atoms with Crippen LogP contribution < -0.4 is 0 Å². The number of hydrogen-bond donors (Lipinski definition) is 0. The lowest BCUT2D eigenvalue weighted by atomic mass is 9.84. The van der Waals surface area contributed by atoms with Crippen LogP contribution >= 0.6 is 0 Å². The summed E-state index contributed by atoms with van der Waals surface area (Å²) in [6, 6.07) is 9.75. The second kappa shape index (κ2) is 4.04. The molecule has 1 aromatic carbocycles. The molecular weight excluding hydrogens is 196 g/mol. The van der Waals surface area contributed by atoms with Gasteiger partial charge >= 0.3 is 0 Å². The number of fused-ring (bicyclic) bond motifs is 2. The zero-order valence-electron chi connectivity index (χ0n) is 9.56. The maximum Gasteiger partial charge on any atom is 0.163 e. The lowest BCUT2D eigenvalue weighted by molar-refractivity contribution is 0.0944. The summed E-state index contributed by atoms with van der Waals surface area (Å²) < 4.78 is 0. The number of rotatable bonds is 3. The van der Waals surface area contributed by atoms with Crippen molar-refractivity contribution in [1.29, 1.82) is 0 Å². The molecule has 2 saturated carbocycles. The Balaban J connectivity index is 1.65. The maximum absolute atomic E-state index is 12.1. The summed E-state index contributed by atoms with van der Waals surface area (Å²) in [6.07, 6.45) is 6.28. The van der Waals surface area contributed by atoms with Gasteiger partial charge in [-0.1, -0.05) is 36.8 Å². The molecule has 84 valence electrons. The highest BCUT2D eigenvalue weighted by molar-refractivity contribution is 5.96. The van der Waals surface area contributed by atoms with E-state index >= 15 is 0 Å². The predicted octanol–water partition coefficient (Wildman–Crippen LogP) is 3.70. The Bertz CT molecular complexity index is 382. The van der Waals surface area contributed by atoms with Gasteiger partial charge in [-0.2, -0.15) is 0 Å². The van der Waals surface area contributed by atoms with Gasteiger partial charge in [0.2, 0.25) is 0 Å². The summed E-state index contributed by atoms with van der Waals surface area (Å²) in [5, 5.41) is 0. The monoisotopic (exact) mass is 214 g/mol. The molecule has 3 rings (SSSR count). The lowest BCUT2D eigenvalue weighted by Crippen LogP contribution is -2.15. The minimum Gasteiger partial charge on any atom is -0.294 e. The van der Waals surface area contributed by atoms with Crippen LogP contribution in [0.2, 0.25) is 0 Å². The SMILES string of the molecule is O=C(CC1CC2CCC1C2)c1ccccc1. The zero-order valence-corrected chi connectivity index (χ0v) is 9.56. The first kappa shape index (κ1) is 10.1. The summed E-state index contributed by atoms with van der Waals surface area (Å²) in [4.78, 5) is 12.1. The van der Waals surface area contributed by atoms with Gasteiger partial charge in [0.25, 0.3) is 0 Å². The van der Waals surface area contributed by atoms with Crippen molar-refractivity contribution in [3.05, 3.63) is 35.9 Å². The Hall–Kier alpha value is -1.11. The van der Waals surface area contributed by atoms with Crippen molar-refractivity contribution in [3.8, 4) is 0 Å². The van der Waals surface area contributed by atoms with E-state index in [1.54, 1.807) is 0 Å². The Labute approximate surface area is 96.9 Å². The van der Waals surface area contributed by atoms with E-state index in [-0.39, 0.29) is 0 Å². The van der Waals surface area contributed by atoms with Gasteiger partial charge in [0, 0.05) is 12.0 Å². The molecule has 0 radical (unpaired) electrons. The second-order valence-corrected chi connectivity index (χ2v) is 5.43. The van der Waals surface area contributed by atoms with Gasteiger partial charge in [-0.15, -0.1) is 0 Å². The van der Waals surface area contributed by atoms with Crippen LogP contribution in [0.3, 0.4) is 0 Å². The molecule has 0 spiro atoms. The fourth-order valence-corrected chi connectivity index (χ4v) is 3.61. The molecule has 0 amide bonds. The minimum absolute atomic E-state index is 0.346. The van der Waals surface area contributed by atoms with Gasteiger partial charge in [0.1, 0.15) is 0 Å². The molecule has 0 aliphatic heterocycles. The number of ketones is 1. The number of carbonyl (C=O) groups excluding carboxylic acids is 1. The number of hydrogen-bond acceptors (Lipinski definition) is 1. The van der Waals surface area contributed by atoms with E-state index in [2.05, 4.69) is 0 Å². The van der Waals surface area contributed by atoms with Crippen LogP contribution in [0, 0.1) is 17.8 Å². The average Bonchev–Trinajstić information content (AvgIpc) is 2.92. The first-order valence-electron chi connectivity index (χ1n) is 6.41. The van der Waals surface area contributed by atoms with Gasteiger partial charge in [-0.25, -0.2) is 0 Å². The molecule has 0 saturated heterocycles. The Morgan fingerprint density at radius 3 is 2.56 bits per heavy atom. The van der Waals surface area contributed by atoms with Gasteiger partial charge in [0.15, 0.2) is 5.78 Å². The lowest BCUT2D eigenvalue weighted by Gasteiger charge is -2.20. The summed E-state index contributed by atoms with van der Waals surface area (Å²) >= 11 is 0. The molecular formula is C15H18O. The average molecular weight is 214 g/mol. The van der Waals surface area contributed by atoms with E-state index in [1.807, 2.05) is 30.3 Å². The predicted molar refractivity (Wildman–Crippen MR) is 64.3 cm³/mol. The molecule has 0 heterocycles. The summed E-state index contributed by atoms with van der Waals surface area (Å²) in [6.45, 7) is 0. The molecule has 2 bridgehead atoms. The fraction of sp³-hybridized carbons (Fsp3) is 0.533. The van der Waals surface area contributed by atoms with Crippen molar-refractivity contribution in [3.63, 3.8) is 0 Å². The molecule has 16 heavy (non-hydrogen) atoms. The molecule has 2 fully saturated rings. The smallest absolute Gasteiger partial charge is 0.163 e. The number of Topliss-reactive ketones (excluding diaryl/α,β-unsaturated/α-hetero) is 1. The number of carbonyl (C=O) groups is 1. The van der Waals surface area contributed by atoms with Gasteiger partial charge in [0.05, 0.1) is 0 Å². The van der Waals surface area contributed by atoms with E-state index in [0.29, 0.717) is 11.7 Å². The normalized spacial score (nSPS) is 31.9. The summed E-state index contributed by atoms with van der Waals surface area (Å²) in [5.74, 6) is 2.83. The molecule has 3 unspecified atom stereocenters. The molecule has 1 nitrogen and oxygen atoms in total. The van der Waals surface area contributed by atoms with Gasteiger partial charge in [-0.05, 0) is 37.0 Å². The van der Waals surface area contributed by atoms with Crippen LogP contribution in [-0.4, -0.2) is 5.78 Å². The molecule has 3 atom stereocenters. The highest BCUT2D eigenvalue weighted by Crippen LogP contribution is 2.49. The summed E-state index contributed by atoms with van der Waals surface area (Å²) in [5.41, 5.74) is 0.894. The third-order valence-electron chi connectivity index (χ3n) is 4.43. The van der Waals surface area contributed by atoms with Gasteiger partial charge < -0.3 is 0 Å². The number of benzene rings is 1. The molecule has 1 aromatic rings. The van der Waals surface area contributed by atoms with E-state index in [1.165, 1.54) is 25.7 Å². The van der Waals surface area contributed by atoms with Crippen molar-refractivity contribution in [2.45, 2.75) is 32.1 Å². The fourth-order valence-electron chi connectivity index (χ4n) is 3.61. The Morgan fingerprint density at radius 2 is 1.94 bits per heavy atom. The van der Waals surface area contributed by atoms with Crippen LogP contribution in [0.5, 0.6) is 0 Å². The van der Waals surface area contributed by atoms with Crippen LogP contribution in [0.4, 0.5) is 0 Å². The maximum atomic E-state index is 12.1. The quantitative estimate of drug-likeness (QED) is 0.701.